The molecule has 0 aliphatic carbocycles. The normalized spacial score (nSPS) is 17.7. The van der Waals surface area contributed by atoms with Crippen LogP contribution in [0.2, 0.25) is 0 Å². The molecule has 166 valence electrons. The van der Waals surface area contributed by atoms with Crippen molar-refractivity contribution in [3.05, 3.63) is 35.3 Å². The smallest absolute Gasteiger partial charge is 0.215 e. The van der Waals surface area contributed by atoms with Crippen molar-refractivity contribution < 1.29 is 9.47 Å². The van der Waals surface area contributed by atoms with Crippen LogP contribution < -0.4 is 15.4 Å². The Kier molecular flexibility index (Phi) is 6.99. The van der Waals surface area contributed by atoms with Gasteiger partial charge in [0.15, 0.2) is 0 Å². The first-order valence-corrected chi connectivity index (χ1v) is 11.1. The van der Waals surface area contributed by atoms with E-state index in [0.717, 1.165) is 60.7 Å². The zero-order chi connectivity index (χ0) is 21.6. The van der Waals surface area contributed by atoms with Crippen LogP contribution in [0.15, 0.2) is 18.5 Å². The number of piperidine rings is 1. The first-order valence-electron chi connectivity index (χ1n) is 11.1. The molecule has 0 radical (unpaired) electrons. The second-order valence-electron chi connectivity index (χ2n) is 8.16. The Balaban J connectivity index is 1.65. The van der Waals surface area contributed by atoms with Gasteiger partial charge in [-0.05, 0) is 51.3 Å². The summed E-state index contributed by atoms with van der Waals surface area (Å²) in [6.07, 6.45) is 9.04. The van der Waals surface area contributed by atoms with Crippen LogP contribution >= 0.6 is 0 Å². The molecule has 1 saturated heterocycles. The third-order valence-corrected chi connectivity index (χ3v) is 6.07. The third kappa shape index (κ3) is 4.80. The van der Waals surface area contributed by atoms with Crippen LogP contribution in [0.5, 0.6) is 5.88 Å². The van der Waals surface area contributed by atoms with E-state index in [0.29, 0.717) is 25.0 Å². The van der Waals surface area contributed by atoms with Crippen molar-refractivity contribution in [2.24, 2.45) is 5.92 Å². The van der Waals surface area contributed by atoms with E-state index in [2.05, 4.69) is 21.7 Å². The fourth-order valence-electron chi connectivity index (χ4n) is 4.38. The van der Waals surface area contributed by atoms with E-state index < -0.39 is 0 Å². The quantitative estimate of drug-likeness (QED) is 0.591. The number of rotatable bonds is 7. The molecule has 2 aliphatic rings. The monoisotopic (exact) mass is 424 g/mol. The van der Waals surface area contributed by atoms with Gasteiger partial charge in [-0.3, -0.25) is 0 Å². The summed E-state index contributed by atoms with van der Waals surface area (Å²) in [4.78, 5) is 4.44. The number of methoxy groups -OCH3 is 1. The Hall–Kier alpha value is -2.71. The summed E-state index contributed by atoms with van der Waals surface area (Å²) in [5, 5.41) is 19.8. The Morgan fingerprint density at radius 3 is 2.90 bits per heavy atom. The molecule has 2 aromatic heterocycles. The highest BCUT2D eigenvalue weighted by atomic mass is 16.5. The van der Waals surface area contributed by atoms with Gasteiger partial charge in [0.2, 0.25) is 5.88 Å². The minimum absolute atomic E-state index is 0.625. The van der Waals surface area contributed by atoms with Crippen molar-refractivity contribution in [3.63, 3.8) is 0 Å². The maximum Gasteiger partial charge on any atom is 0.215 e. The average Bonchev–Trinajstić information content (AvgIpc) is 2.98. The summed E-state index contributed by atoms with van der Waals surface area (Å²) >= 11 is 0. The summed E-state index contributed by atoms with van der Waals surface area (Å²) in [5.41, 5.74) is 5.86. The first kappa shape index (κ1) is 21.5. The molecule has 0 saturated carbocycles. The molecule has 1 fully saturated rings. The molecule has 4 heterocycles. The van der Waals surface area contributed by atoms with Gasteiger partial charge in [0.05, 0.1) is 37.4 Å². The number of fused-ring (bicyclic) bond motifs is 1. The van der Waals surface area contributed by atoms with Crippen molar-refractivity contribution in [2.75, 3.05) is 40.0 Å². The fraction of sp³-hybridized carbons (Fsp3) is 0.522. The minimum Gasteiger partial charge on any atom is -0.481 e. The summed E-state index contributed by atoms with van der Waals surface area (Å²) in [5.74, 6) is 1.29. The fourth-order valence-corrected chi connectivity index (χ4v) is 4.38. The largest absolute Gasteiger partial charge is 0.481 e. The summed E-state index contributed by atoms with van der Waals surface area (Å²) in [6.45, 7) is 6.40. The molecule has 8 heteroatoms. The van der Waals surface area contributed by atoms with Crippen molar-refractivity contribution in [3.8, 4) is 17.1 Å². The second-order valence-corrected chi connectivity index (χ2v) is 8.16. The Bertz CT molecular complexity index is 946. The Labute approximate surface area is 183 Å². The van der Waals surface area contributed by atoms with Crippen LogP contribution in [0.4, 0.5) is 0 Å². The predicted octanol–water partition coefficient (Wildman–Crippen LogP) is 2.41. The molecular formula is C23H32N6O2. The number of aryl methyl sites for hydroxylation is 1. The highest BCUT2D eigenvalue weighted by Crippen LogP contribution is 2.31. The lowest BCUT2D eigenvalue weighted by atomic mass is 9.98. The second kappa shape index (κ2) is 10.1. The molecule has 0 unspecified atom stereocenters. The Morgan fingerprint density at radius 2 is 2.16 bits per heavy atom. The molecule has 0 atom stereocenters. The highest BCUT2D eigenvalue weighted by Gasteiger charge is 2.23. The van der Waals surface area contributed by atoms with E-state index >= 15 is 0 Å². The van der Waals surface area contributed by atoms with Gasteiger partial charge < -0.3 is 25.5 Å². The van der Waals surface area contributed by atoms with Crippen molar-refractivity contribution >= 4 is 11.9 Å². The number of allylic oxidation sites excluding steroid dienone is 1. The van der Waals surface area contributed by atoms with Gasteiger partial charge in [-0.2, -0.15) is 5.10 Å². The summed E-state index contributed by atoms with van der Waals surface area (Å²) in [6, 6.07) is 2.06. The van der Waals surface area contributed by atoms with Gasteiger partial charge in [-0.25, -0.2) is 9.67 Å². The Morgan fingerprint density at radius 1 is 1.35 bits per heavy atom. The summed E-state index contributed by atoms with van der Waals surface area (Å²) < 4.78 is 13.0. The van der Waals surface area contributed by atoms with Crippen LogP contribution in [0.3, 0.4) is 0 Å². The molecule has 3 N–H and O–H groups in total. The molecule has 0 amide bonds. The van der Waals surface area contributed by atoms with Gasteiger partial charge >= 0.3 is 0 Å². The lowest BCUT2D eigenvalue weighted by Crippen LogP contribution is -2.32. The third-order valence-electron chi connectivity index (χ3n) is 6.07. The first-order chi connectivity index (χ1) is 15.2. The zero-order valence-electron chi connectivity index (χ0n) is 18.4. The van der Waals surface area contributed by atoms with Crippen LogP contribution in [0.25, 0.3) is 17.0 Å². The van der Waals surface area contributed by atoms with Gasteiger partial charge in [-0.1, -0.05) is 0 Å². The maximum absolute atomic E-state index is 8.03. The average molecular weight is 425 g/mol. The van der Waals surface area contributed by atoms with E-state index in [9.17, 15) is 0 Å². The number of nitrogens with zero attached hydrogens (tertiary/aromatic N) is 3. The number of ether oxygens (including phenoxy) is 2. The number of hydrogen-bond acceptors (Lipinski definition) is 7. The molecule has 0 aromatic carbocycles. The van der Waals surface area contributed by atoms with Gasteiger partial charge in [0.25, 0.3) is 0 Å². The molecule has 31 heavy (non-hydrogen) atoms. The standard InChI is InChI=1S/C23H32N6O2/c1-16-11-18(14-27-23(16)30-2)22-20-5-9-31-10-6-21(20)29(28-22)19(12-24)15-26-13-17-3-7-25-8-4-17/h11-12,14-15,17,24-26H,3-10,13H2,1-2H3/b19-15+,24-12?. The lowest BCUT2D eigenvalue weighted by molar-refractivity contribution is 0.145. The van der Waals surface area contributed by atoms with Crippen molar-refractivity contribution in [2.45, 2.75) is 32.6 Å². The predicted molar refractivity (Wildman–Crippen MR) is 122 cm³/mol. The maximum atomic E-state index is 8.03. The van der Waals surface area contributed by atoms with Crippen LogP contribution in [-0.4, -0.2) is 60.9 Å². The SMILES string of the molecule is COc1ncc(-c2nn(/C(C=N)=C/NCC3CCNCC3)c3c2CCOCC3)cc1C. The highest BCUT2D eigenvalue weighted by molar-refractivity contribution is 6.00. The number of aromatic nitrogens is 3. The zero-order valence-corrected chi connectivity index (χ0v) is 18.4. The van der Waals surface area contributed by atoms with Gasteiger partial charge in [0, 0.05) is 48.3 Å². The molecule has 2 aliphatic heterocycles. The van der Waals surface area contributed by atoms with Crippen LogP contribution in [0.1, 0.15) is 29.7 Å². The van der Waals surface area contributed by atoms with Crippen LogP contribution in [-0.2, 0) is 17.6 Å². The molecule has 4 rings (SSSR count). The van der Waals surface area contributed by atoms with Crippen molar-refractivity contribution in [1.82, 2.24) is 25.4 Å². The molecule has 2 aromatic rings. The van der Waals surface area contributed by atoms with Crippen molar-refractivity contribution in [1.29, 1.82) is 5.41 Å². The number of hydrogen-bond donors (Lipinski definition) is 3. The van der Waals surface area contributed by atoms with Gasteiger partial charge in [0.1, 0.15) is 0 Å². The summed E-state index contributed by atoms with van der Waals surface area (Å²) in [7, 11) is 1.63. The topological polar surface area (TPSA) is 97.1 Å². The molecule has 0 bridgehead atoms. The molecule has 0 spiro atoms. The van der Waals surface area contributed by atoms with E-state index in [1.165, 1.54) is 24.6 Å². The number of pyridine rings is 1. The molecule has 8 nitrogen and oxygen atoms in total. The molecular weight excluding hydrogens is 392 g/mol. The van der Waals surface area contributed by atoms with E-state index in [1.807, 2.05) is 24.0 Å². The van der Waals surface area contributed by atoms with E-state index in [1.54, 1.807) is 7.11 Å². The van der Waals surface area contributed by atoms with E-state index in [4.69, 9.17) is 20.0 Å². The number of nitrogens with one attached hydrogen (secondary N) is 3. The minimum atomic E-state index is 0.625. The van der Waals surface area contributed by atoms with Gasteiger partial charge in [-0.15, -0.1) is 0 Å². The lowest BCUT2D eigenvalue weighted by Gasteiger charge is -2.22. The van der Waals surface area contributed by atoms with E-state index in [-0.39, 0.29) is 0 Å². The van der Waals surface area contributed by atoms with Crippen LogP contribution in [0, 0.1) is 18.3 Å².